The number of cyclic esters (lactones) is 1. The van der Waals surface area contributed by atoms with E-state index < -0.39 is 61.9 Å². The lowest BCUT2D eigenvalue weighted by molar-refractivity contribution is -0.303. The van der Waals surface area contributed by atoms with Gasteiger partial charge in [-0.1, -0.05) is 0 Å². The molecule has 1 fully saturated rings. The van der Waals surface area contributed by atoms with Crippen molar-refractivity contribution in [1.82, 2.24) is 0 Å². The number of rotatable bonds is 7. The van der Waals surface area contributed by atoms with Crippen molar-refractivity contribution in [3.05, 3.63) is 11.1 Å². The lowest BCUT2D eigenvalue weighted by Gasteiger charge is -2.40. The van der Waals surface area contributed by atoms with Crippen molar-refractivity contribution in [2.45, 2.75) is 50.2 Å². The summed E-state index contributed by atoms with van der Waals surface area (Å²) in [7, 11) is 0. The van der Waals surface area contributed by atoms with Gasteiger partial charge >= 0.3 is 5.97 Å². The Morgan fingerprint density at radius 3 is 2.46 bits per heavy atom. The zero-order chi connectivity index (χ0) is 19.4. The summed E-state index contributed by atoms with van der Waals surface area (Å²) >= 11 is 0. The van der Waals surface area contributed by atoms with Crippen LogP contribution in [0.1, 0.15) is 13.3 Å². The van der Waals surface area contributed by atoms with Crippen molar-refractivity contribution in [1.29, 1.82) is 0 Å². The molecule has 10 heteroatoms. The van der Waals surface area contributed by atoms with Crippen molar-refractivity contribution >= 4 is 5.97 Å². The number of aliphatic hydroxyl groups excluding tert-OH is 6. The summed E-state index contributed by atoms with van der Waals surface area (Å²) in [5, 5.41) is 58.2. The molecular formula is C16H26O10. The molecule has 150 valence electrons. The molecular weight excluding hydrogens is 352 g/mol. The number of hydrogen-bond donors (Lipinski definition) is 6. The topological polar surface area (TPSA) is 166 Å². The van der Waals surface area contributed by atoms with Gasteiger partial charge in [0.05, 0.1) is 38.1 Å². The molecule has 2 aliphatic heterocycles. The van der Waals surface area contributed by atoms with E-state index in [-0.39, 0.29) is 18.8 Å². The van der Waals surface area contributed by atoms with E-state index in [1.54, 1.807) is 0 Å². The van der Waals surface area contributed by atoms with Crippen molar-refractivity contribution in [2.24, 2.45) is 5.92 Å². The van der Waals surface area contributed by atoms with Crippen LogP contribution in [0.2, 0.25) is 0 Å². The van der Waals surface area contributed by atoms with Gasteiger partial charge in [-0.2, -0.15) is 0 Å². The maximum Gasteiger partial charge on any atom is 0.336 e. The maximum absolute atomic E-state index is 11.8. The second kappa shape index (κ2) is 9.20. The molecule has 2 heterocycles. The van der Waals surface area contributed by atoms with Crippen LogP contribution < -0.4 is 0 Å². The Bertz CT molecular complexity index is 517. The molecule has 0 radical (unpaired) electrons. The van der Waals surface area contributed by atoms with E-state index in [4.69, 9.17) is 14.2 Å². The largest absolute Gasteiger partial charge is 0.462 e. The van der Waals surface area contributed by atoms with Gasteiger partial charge in [0.1, 0.15) is 24.4 Å². The maximum atomic E-state index is 11.8. The van der Waals surface area contributed by atoms with Crippen LogP contribution in [0.3, 0.4) is 0 Å². The van der Waals surface area contributed by atoms with Crippen LogP contribution in [-0.4, -0.2) is 99.8 Å². The summed E-state index contributed by atoms with van der Waals surface area (Å²) in [6.07, 6.45) is -7.73. The fourth-order valence-electron chi connectivity index (χ4n) is 3.13. The highest BCUT2D eigenvalue weighted by atomic mass is 16.7. The first-order chi connectivity index (χ1) is 12.3. The Morgan fingerprint density at radius 2 is 1.88 bits per heavy atom. The fraction of sp³-hybridized carbons (Fsp3) is 0.812. The number of aliphatic hydroxyl groups is 6. The van der Waals surface area contributed by atoms with Crippen LogP contribution in [0, 0.1) is 5.92 Å². The van der Waals surface area contributed by atoms with Crippen LogP contribution in [0.4, 0.5) is 0 Å². The second-order valence-corrected chi connectivity index (χ2v) is 6.43. The third-order valence-corrected chi connectivity index (χ3v) is 4.72. The summed E-state index contributed by atoms with van der Waals surface area (Å²) in [5.74, 6) is -1.34. The number of esters is 1. The van der Waals surface area contributed by atoms with Crippen molar-refractivity contribution in [2.75, 3.05) is 26.4 Å². The minimum Gasteiger partial charge on any atom is -0.462 e. The molecule has 0 aliphatic carbocycles. The Hall–Kier alpha value is -1.11. The SMILES string of the molecule is C[C@H](O)[C@@H](CO[C@@H]1O[C@H](CO)[C@@H](O)[C@H](O)[C@H]1O)C1=C(CO)C(=O)OCC1. The predicted octanol–water partition coefficient (Wildman–Crippen LogP) is -2.96. The van der Waals surface area contributed by atoms with E-state index in [9.17, 15) is 35.4 Å². The monoisotopic (exact) mass is 378 g/mol. The molecule has 0 saturated carbocycles. The van der Waals surface area contributed by atoms with Gasteiger partial charge in [-0.15, -0.1) is 0 Å². The van der Waals surface area contributed by atoms with E-state index in [2.05, 4.69) is 0 Å². The molecule has 1 saturated heterocycles. The van der Waals surface area contributed by atoms with Gasteiger partial charge < -0.3 is 44.8 Å². The number of carbonyl (C=O) groups excluding carboxylic acids is 1. The standard InChI is InChI=1S/C16H26O10/c1-7(19)10(8-2-3-24-15(23)9(8)4-17)6-25-16-14(22)13(21)12(20)11(5-18)26-16/h7,10-14,16-22H,2-6H2,1H3/t7-,10+,11+,12+,13-,14+,16+/m0/s1. The zero-order valence-corrected chi connectivity index (χ0v) is 14.4. The molecule has 26 heavy (non-hydrogen) atoms. The highest BCUT2D eigenvalue weighted by Crippen LogP contribution is 2.29. The van der Waals surface area contributed by atoms with E-state index in [1.165, 1.54) is 6.92 Å². The molecule has 0 bridgehead atoms. The van der Waals surface area contributed by atoms with Crippen LogP contribution >= 0.6 is 0 Å². The number of carbonyl (C=O) groups is 1. The molecule has 6 N–H and O–H groups in total. The van der Waals surface area contributed by atoms with Crippen LogP contribution in [-0.2, 0) is 19.0 Å². The molecule has 7 atom stereocenters. The second-order valence-electron chi connectivity index (χ2n) is 6.43. The van der Waals surface area contributed by atoms with Gasteiger partial charge in [-0.3, -0.25) is 0 Å². The smallest absolute Gasteiger partial charge is 0.336 e. The molecule has 0 amide bonds. The summed E-state index contributed by atoms with van der Waals surface area (Å²) < 4.78 is 15.6. The van der Waals surface area contributed by atoms with Crippen LogP contribution in [0.25, 0.3) is 0 Å². The summed E-state index contributed by atoms with van der Waals surface area (Å²) in [5.41, 5.74) is 0.544. The molecule has 0 aromatic rings. The first kappa shape index (κ1) is 21.2. The third kappa shape index (κ3) is 4.41. The zero-order valence-electron chi connectivity index (χ0n) is 14.4. The average molecular weight is 378 g/mol. The summed E-state index contributed by atoms with van der Waals surface area (Å²) in [6, 6.07) is 0. The molecule has 2 rings (SSSR count). The Morgan fingerprint density at radius 1 is 1.19 bits per heavy atom. The summed E-state index contributed by atoms with van der Waals surface area (Å²) in [4.78, 5) is 11.8. The van der Waals surface area contributed by atoms with Crippen LogP contribution in [0.5, 0.6) is 0 Å². The Kier molecular flexibility index (Phi) is 7.50. The van der Waals surface area contributed by atoms with Gasteiger partial charge in [-0.05, 0) is 12.5 Å². The first-order valence-corrected chi connectivity index (χ1v) is 8.41. The van der Waals surface area contributed by atoms with E-state index in [0.29, 0.717) is 12.0 Å². The van der Waals surface area contributed by atoms with Crippen molar-refractivity contribution < 1.29 is 49.6 Å². The normalized spacial score (nSPS) is 35.2. The average Bonchev–Trinajstić information content (AvgIpc) is 2.61. The van der Waals surface area contributed by atoms with Crippen molar-refractivity contribution in [3.8, 4) is 0 Å². The lowest BCUT2D eigenvalue weighted by Crippen LogP contribution is -2.59. The fourth-order valence-corrected chi connectivity index (χ4v) is 3.13. The van der Waals surface area contributed by atoms with E-state index in [1.807, 2.05) is 0 Å². The molecule has 0 spiro atoms. The third-order valence-electron chi connectivity index (χ3n) is 4.72. The number of hydrogen-bond acceptors (Lipinski definition) is 10. The van der Waals surface area contributed by atoms with Gasteiger partial charge in [0.2, 0.25) is 0 Å². The minimum atomic E-state index is -1.58. The van der Waals surface area contributed by atoms with Gasteiger partial charge in [0.25, 0.3) is 0 Å². The van der Waals surface area contributed by atoms with Crippen molar-refractivity contribution in [3.63, 3.8) is 0 Å². The van der Waals surface area contributed by atoms with Gasteiger partial charge in [-0.25, -0.2) is 4.79 Å². The molecule has 2 aliphatic rings. The first-order valence-electron chi connectivity index (χ1n) is 8.41. The number of ether oxygens (including phenoxy) is 3. The Balaban J connectivity index is 2.12. The van der Waals surface area contributed by atoms with E-state index in [0.717, 1.165) is 0 Å². The molecule has 0 unspecified atom stereocenters. The Labute approximate surface area is 150 Å². The minimum absolute atomic E-state index is 0.0551. The predicted molar refractivity (Wildman–Crippen MR) is 84.6 cm³/mol. The van der Waals surface area contributed by atoms with Gasteiger partial charge in [0, 0.05) is 12.3 Å². The quantitative estimate of drug-likeness (QED) is 0.252. The lowest BCUT2D eigenvalue weighted by atomic mass is 9.87. The molecule has 0 aromatic heterocycles. The molecule has 0 aromatic carbocycles. The molecule has 10 nitrogen and oxygen atoms in total. The van der Waals surface area contributed by atoms with E-state index >= 15 is 0 Å². The van der Waals surface area contributed by atoms with Crippen LogP contribution in [0.15, 0.2) is 11.1 Å². The highest BCUT2D eigenvalue weighted by Gasteiger charge is 2.44. The van der Waals surface area contributed by atoms with Gasteiger partial charge in [0.15, 0.2) is 6.29 Å². The summed E-state index contributed by atoms with van der Waals surface area (Å²) in [6.45, 7) is 0.282. The highest BCUT2D eigenvalue weighted by molar-refractivity contribution is 5.90.